The first kappa shape index (κ1) is 19.4. The molecule has 25 heavy (non-hydrogen) atoms. The van der Waals surface area contributed by atoms with Gasteiger partial charge in [-0.3, -0.25) is 9.69 Å². The number of nitrogens with one attached hydrogen (secondary N) is 1. The summed E-state index contributed by atoms with van der Waals surface area (Å²) in [5.74, 6) is 0.360. The maximum absolute atomic E-state index is 12.8. The normalized spacial score (nSPS) is 14.6. The Morgan fingerprint density at radius 1 is 1.08 bits per heavy atom. The van der Waals surface area contributed by atoms with Gasteiger partial charge in [-0.15, -0.1) is 11.6 Å². The van der Waals surface area contributed by atoms with Crippen molar-refractivity contribution >= 4 is 35.2 Å². The summed E-state index contributed by atoms with van der Waals surface area (Å²) < 4.78 is 0. The van der Waals surface area contributed by atoms with Crippen molar-refractivity contribution in [1.29, 1.82) is 0 Å². The predicted octanol–water partition coefficient (Wildman–Crippen LogP) is -0.157. The number of benzene rings is 2. The monoisotopic (exact) mass is 420 g/mol. The third-order valence-corrected chi connectivity index (χ3v) is 4.37. The molecule has 0 radical (unpaired) electrons. The van der Waals surface area contributed by atoms with E-state index in [-0.39, 0.29) is 28.8 Å². The van der Waals surface area contributed by atoms with E-state index in [0.717, 1.165) is 16.8 Å². The van der Waals surface area contributed by atoms with Gasteiger partial charge in [0.05, 0.1) is 5.56 Å². The van der Waals surface area contributed by atoms with Crippen molar-refractivity contribution in [2.24, 2.45) is 0 Å². The van der Waals surface area contributed by atoms with Crippen LogP contribution in [0.2, 0.25) is 0 Å². The summed E-state index contributed by atoms with van der Waals surface area (Å²) in [5, 5.41) is 0. The van der Waals surface area contributed by atoms with Gasteiger partial charge in [-0.05, 0) is 11.6 Å². The third-order valence-electron chi connectivity index (χ3n) is 4.06. The highest BCUT2D eigenvalue weighted by atomic mass is 79.9. The number of halogens is 2. The van der Waals surface area contributed by atoms with Crippen LogP contribution < -0.4 is 21.9 Å². The van der Waals surface area contributed by atoms with Crippen LogP contribution in [0.5, 0.6) is 0 Å². The second kappa shape index (κ2) is 7.95. The van der Waals surface area contributed by atoms with E-state index in [4.69, 9.17) is 11.6 Å². The van der Waals surface area contributed by atoms with Crippen molar-refractivity contribution < 1.29 is 31.5 Å². The summed E-state index contributed by atoms with van der Waals surface area (Å²) >= 11 is 5.79. The number of fused-ring (bicyclic) bond motifs is 1. The minimum Gasteiger partial charge on any atom is -1.00 e. The highest BCUT2D eigenvalue weighted by Crippen LogP contribution is 2.24. The van der Waals surface area contributed by atoms with E-state index in [2.05, 4.69) is 0 Å². The smallest absolute Gasteiger partial charge is 0.426 e. The van der Waals surface area contributed by atoms with Crippen molar-refractivity contribution in [3.05, 3.63) is 70.9 Å². The van der Waals surface area contributed by atoms with Crippen LogP contribution in [-0.4, -0.2) is 30.8 Å². The van der Waals surface area contributed by atoms with Crippen molar-refractivity contribution in [2.75, 3.05) is 14.1 Å². The van der Waals surface area contributed by atoms with Crippen molar-refractivity contribution in [3.8, 4) is 0 Å². The molecule has 2 aromatic carbocycles. The Morgan fingerprint density at radius 2 is 1.76 bits per heavy atom. The number of carbonyl (C=O) groups excluding carboxylic acids is 2. The number of carbonyl (C=O) groups is 2. The van der Waals surface area contributed by atoms with Crippen molar-refractivity contribution in [3.63, 3.8) is 0 Å². The van der Waals surface area contributed by atoms with Crippen LogP contribution in [0.25, 0.3) is 6.08 Å². The summed E-state index contributed by atoms with van der Waals surface area (Å²) in [5.41, 5.74) is 3.78. The first-order chi connectivity index (χ1) is 11.5. The van der Waals surface area contributed by atoms with E-state index in [0.29, 0.717) is 21.9 Å². The maximum atomic E-state index is 12.8. The molecule has 1 atom stereocenters. The molecule has 0 aromatic heterocycles. The molecule has 3 rings (SSSR count). The van der Waals surface area contributed by atoms with Crippen LogP contribution in [-0.2, 0) is 5.88 Å². The summed E-state index contributed by atoms with van der Waals surface area (Å²) in [4.78, 5) is 27.3. The van der Waals surface area contributed by atoms with Crippen LogP contribution in [0.3, 0.4) is 0 Å². The van der Waals surface area contributed by atoms with Crippen LogP contribution in [0, 0.1) is 0 Å². The molecule has 4 nitrogen and oxygen atoms in total. The van der Waals surface area contributed by atoms with Gasteiger partial charge in [-0.2, -0.15) is 4.90 Å². The van der Waals surface area contributed by atoms with Crippen LogP contribution in [0.15, 0.2) is 48.7 Å². The zero-order valence-corrected chi connectivity index (χ0v) is 16.3. The number of urea groups is 1. The Kier molecular flexibility index (Phi) is 6.16. The SMILES string of the molecule is CN(C)C(=O)[NH+]1C=Cc2c(C(=O)c3ccc(CCl)cc3)cccc21.[Br-]. The molecule has 0 spiro atoms. The summed E-state index contributed by atoms with van der Waals surface area (Å²) in [7, 11) is 3.43. The van der Waals surface area contributed by atoms with Gasteiger partial charge in [0, 0.05) is 43.2 Å². The minimum absolute atomic E-state index is 0. The largest absolute Gasteiger partial charge is 1.00 e. The Bertz CT molecular complexity index is 832. The number of nitrogens with zero attached hydrogens (tertiary/aromatic N) is 1. The molecule has 0 fully saturated rings. The number of alkyl halides is 1. The van der Waals surface area contributed by atoms with Gasteiger partial charge in [0.15, 0.2) is 11.5 Å². The van der Waals surface area contributed by atoms with E-state index in [1.54, 1.807) is 38.5 Å². The molecule has 1 N–H and O–H groups in total. The van der Waals surface area contributed by atoms with Gasteiger partial charge in [-0.25, -0.2) is 4.79 Å². The second-order valence-corrected chi connectivity index (χ2v) is 6.14. The Morgan fingerprint density at radius 3 is 2.36 bits per heavy atom. The van der Waals surface area contributed by atoms with Gasteiger partial charge < -0.3 is 17.0 Å². The zero-order chi connectivity index (χ0) is 17.3. The molecule has 0 bridgehead atoms. The number of rotatable bonds is 3. The third kappa shape index (κ3) is 3.68. The molecular formula is C19H18BrClN2O2. The first-order valence-electron chi connectivity index (χ1n) is 7.62. The lowest BCUT2D eigenvalue weighted by molar-refractivity contribution is -0.680. The van der Waals surface area contributed by atoms with Gasteiger partial charge >= 0.3 is 6.03 Å². The lowest BCUT2D eigenvalue weighted by atomic mass is 9.97. The molecule has 1 heterocycles. The number of hydrogen-bond donors (Lipinski definition) is 1. The summed E-state index contributed by atoms with van der Waals surface area (Å²) in [6.07, 6.45) is 3.62. The molecular weight excluding hydrogens is 404 g/mol. The molecule has 0 saturated carbocycles. The molecule has 130 valence electrons. The minimum atomic E-state index is -0.0685. The topological polar surface area (TPSA) is 41.8 Å². The van der Waals surface area contributed by atoms with Crippen LogP contribution >= 0.6 is 11.6 Å². The molecule has 0 saturated heterocycles. The van der Waals surface area contributed by atoms with Crippen LogP contribution in [0.1, 0.15) is 27.0 Å². The fourth-order valence-electron chi connectivity index (χ4n) is 2.76. The Balaban J connectivity index is 0.00000225. The average Bonchev–Trinajstić information content (AvgIpc) is 3.04. The van der Waals surface area contributed by atoms with Gasteiger partial charge in [0.1, 0.15) is 6.20 Å². The number of amides is 2. The Labute approximate surface area is 162 Å². The first-order valence-corrected chi connectivity index (χ1v) is 8.16. The van der Waals surface area contributed by atoms with Gasteiger partial charge in [0.2, 0.25) is 0 Å². The van der Waals surface area contributed by atoms with Gasteiger partial charge in [0.25, 0.3) is 0 Å². The fourth-order valence-corrected chi connectivity index (χ4v) is 2.94. The van der Waals surface area contributed by atoms with Crippen molar-refractivity contribution in [2.45, 2.75) is 5.88 Å². The fraction of sp³-hybridized carbons (Fsp3) is 0.158. The number of ketones is 1. The molecule has 0 aliphatic carbocycles. The van der Waals surface area contributed by atoms with E-state index in [1.807, 2.05) is 30.3 Å². The lowest BCUT2D eigenvalue weighted by Crippen LogP contribution is -3.06. The molecule has 2 amide bonds. The second-order valence-electron chi connectivity index (χ2n) is 5.87. The predicted molar refractivity (Wildman–Crippen MR) is 94.6 cm³/mol. The average molecular weight is 422 g/mol. The standard InChI is InChI=1S/C19H17ClN2O2.BrH/c1-21(2)19(24)22-11-10-15-16(4-3-5-17(15)22)18(23)14-8-6-13(12-20)7-9-14;/h3-11H,12H2,1-2H3;1H. The Hall–Kier alpha value is -1.95. The quantitative estimate of drug-likeness (QED) is 0.553. The number of hydrogen-bond acceptors (Lipinski definition) is 2. The van der Waals surface area contributed by atoms with Crippen LogP contribution in [0.4, 0.5) is 10.5 Å². The van der Waals surface area contributed by atoms with Crippen molar-refractivity contribution in [1.82, 2.24) is 4.90 Å². The summed E-state index contributed by atoms with van der Waals surface area (Å²) in [6.45, 7) is 0. The molecule has 2 aromatic rings. The maximum Gasteiger partial charge on any atom is 0.426 e. The molecule has 1 aliphatic rings. The lowest BCUT2D eigenvalue weighted by Gasteiger charge is -2.15. The van der Waals surface area contributed by atoms with E-state index < -0.39 is 0 Å². The van der Waals surface area contributed by atoms with E-state index in [9.17, 15) is 9.59 Å². The highest BCUT2D eigenvalue weighted by Gasteiger charge is 2.31. The highest BCUT2D eigenvalue weighted by molar-refractivity contribution is 6.17. The molecule has 6 heteroatoms. The summed E-state index contributed by atoms with van der Waals surface area (Å²) in [6, 6.07) is 12.7. The van der Waals surface area contributed by atoms with Gasteiger partial charge in [-0.1, -0.05) is 30.3 Å². The molecule has 1 aliphatic heterocycles. The van der Waals surface area contributed by atoms with E-state index >= 15 is 0 Å². The molecule has 1 unspecified atom stereocenters. The number of quaternary nitrogens is 1. The zero-order valence-electron chi connectivity index (χ0n) is 13.9. The van der Waals surface area contributed by atoms with E-state index in [1.165, 1.54) is 4.90 Å².